The maximum atomic E-state index is 11.3. The summed E-state index contributed by atoms with van der Waals surface area (Å²) in [6, 6.07) is 17.7. The summed E-state index contributed by atoms with van der Waals surface area (Å²) in [4.78, 5) is 23.7. The Hall–Kier alpha value is -4.46. The average molecular weight is 398 g/mol. The normalized spacial score (nSPS) is 10.9. The second-order valence-corrected chi connectivity index (χ2v) is 6.37. The van der Waals surface area contributed by atoms with E-state index in [-0.39, 0.29) is 5.69 Å². The van der Waals surface area contributed by atoms with Crippen LogP contribution in [0.5, 0.6) is 23.1 Å². The monoisotopic (exact) mass is 398 g/mol. The number of nitrogens with zero attached hydrogens (tertiary/aromatic N) is 3. The van der Waals surface area contributed by atoms with E-state index in [0.29, 0.717) is 39.8 Å². The SMILES string of the molecule is NC(=O)c1cc(Oc2cccc(Oc3ncnc4c3oc3ccccc34)c2)ccn1. The molecule has 0 radical (unpaired) electrons. The second kappa shape index (κ2) is 7.17. The standard InChI is InChI=1S/C22H14N4O4/c23-21(27)17-11-15(8-9-24-17)28-13-4-3-5-14(10-13)29-22-20-19(25-12-26-22)16-6-1-2-7-18(16)30-20/h1-12H,(H2,23,27). The van der Waals surface area contributed by atoms with Crippen molar-refractivity contribution in [3.8, 4) is 23.1 Å². The van der Waals surface area contributed by atoms with Crippen LogP contribution in [0.25, 0.3) is 22.1 Å². The van der Waals surface area contributed by atoms with Crippen LogP contribution in [0.4, 0.5) is 0 Å². The van der Waals surface area contributed by atoms with Gasteiger partial charge in [0.15, 0.2) is 0 Å². The van der Waals surface area contributed by atoms with E-state index in [4.69, 9.17) is 19.6 Å². The molecule has 0 aliphatic rings. The van der Waals surface area contributed by atoms with Gasteiger partial charge in [-0.2, -0.15) is 4.98 Å². The van der Waals surface area contributed by atoms with Crippen molar-refractivity contribution in [2.75, 3.05) is 0 Å². The molecule has 0 spiro atoms. The smallest absolute Gasteiger partial charge is 0.267 e. The van der Waals surface area contributed by atoms with E-state index in [2.05, 4.69) is 15.0 Å². The fourth-order valence-electron chi connectivity index (χ4n) is 3.03. The molecule has 3 aromatic heterocycles. The summed E-state index contributed by atoms with van der Waals surface area (Å²) in [6.07, 6.45) is 2.89. The number of ether oxygens (including phenoxy) is 2. The highest BCUT2D eigenvalue weighted by atomic mass is 16.5. The number of benzene rings is 2. The summed E-state index contributed by atoms with van der Waals surface area (Å²) in [7, 11) is 0. The maximum absolute atomic E-state index is 11.3. The van der Waals surface area contributed by atoms with Crippen molar-refractivity contribution >= 4 is 28.0 Å². The lowest BCUT2D eigenvalue weighted by Gasteiger charge is -2.09. The van der Waals surface area contributed by atoms with E-state index in [0.717, 1.165) is 5.39 Å². The lowest BCUT2D eigenvalue weighted by molar-refractivity contribution is 0.0995. The molecule has 0 saturated heterocycles. The molecule has 30 heavy (non-hydrogen) atoms. The number of para-hydroxylation sites is 1. The van der Waals surface area contributed by atoms with Crippen molar-refractivity contribution < 1.29 is 18.7 Å². The molecule has 0 atom stereocenters. The van der Waals surface area contributed by atoms with Crippen LogP contribution in [0.2, 0.25) is 0 Å². The first-order valence-electron chi connectivity index (χ1n) is 9.01. The highest BCUT2D eigenvalue weighted by Gasteiger charge is 2.15. The molecule has 0 unspecified atom stereocenters. The summed E-state index contributed by atoms with van der Waals surface area (Å²) < 4.78 is 17.6. The van der Waals surface area contributed by atoms with Crippen molar-refractivity contribution in [3.05, 3.63) is 78.9 Å². The molecule has 5 rings (SSSR count). The Kier molecular flexibility index (Phi) is 4.21. The van der Waals surface area contributed by atoms with E-state index >= 15 is 0 Å². The second-order valence-electron chi connectivity index (χ2n) is 6.37. The minimum Gasteiger partial charge on any atom is -0.457 e. The molecule has 2 N–H and O–H groups in total. The minimum atomic E-state index is -0.629. The van der Waals surface area contributed by atoms with Gasteiger partial charge in [-0.3, -0.25) is 9.78 Å². The molecule has 0 aliphatic heterocycles. The van der Waals surface area contributed by atoms with E-state index in [9.17, 15) is 4.79 Å². The van der Waals surface area contributed by atoms with Gasteiger partial charge in [0.2, 0.25) is 5.58 Å². The highest BCUT2D eigenvalue weighted by Crippen LogP contribution is 2.34. The number of carbonyl (C=O) groups excluding carboxylic acids is 1. The minimum absolute atomic E-state index is 0.119. The van der Waals surface area contributed by atoms with E-state index in [1.54, 1.807) is 30.3 Å². The molecule has 8 heteroatoms. The van der Waals surface area contributed by atoms with Gasteiger partial charge in [-0.1, -0.05) is 18.2 Å². The van der Waals surface area contributed by atoms with Gasteiger partial charge in [0, 0.05) is 23.7 Å². The molecule has 1 amide bonds. The molecule has 3 heterocycles. The van der Waals surface area contributed by atoms with Gasteiger partial charge in [-0.15, -0.1) is 0 Å². The summed E-state index contributed by atoms with van der Waals surface area (Å²) in [5.41, 5.74) is 7.23. The van der Waals surface area contributed by atoms with Gasteiger partial charge in [0.25, 0.3) is 11.8 Å². The lowest BCUT2D eigenvalue weighted by atomic mass is 10.2. The van der Waals surface area contributed by atoms with Crippen LogP contribution in [-0.2, 0) is 0 Å². The topological polar surface area (TPSA) is 113 Å². The first-order chi connectivity index (χ1) is 14.7. The lowest BCUT2D eigenvalue weighted by Crippen LogP contribution is -2.12. The van der Waals surface area contributed by atoms with Crippen LogP contribution in [-0.4, -0.2) is 20.9 Å². The van der Waals surface area contributed by atoms with Crippen molar-refractivity contribution in [1.82, 2.24) is 15.0 Å². The first-order valence-corrected chi connectivity index (χ1v) is 9.01. The molecule has 0 bridgehead atoms. The van der Waals surface area contributed by atoms with Crippen molar-refractivity contribution in [3.63, 3.8) is 0 Å². The number of fused-ring (bicyclic) bond motifs is 3. The number of carbonyl (C=O) groups is 1. The van der Waals surface area contributed by atoms with E-state index < -0.39 is 5.91 Å². The zero-order valence-electron chi connectivity index (χ0n) is 15.5. The van der Waals surface area contributed by atoms with Gasteiger partial charge in [0.05, 0.1) is 0 Å². The van der Waals surface area contributed by atoms with E-state index in [1.165, 1.54) is 18.6 Å². The van der Waals surface area contributed by atoms with Crippen LogP contribution in [0.15, 0.2) is 77.6 Å². The summed E-state index contributed by atoms with van der Waals surface area (Å²) in [5, 5.41) is 0.889. The van der Waals surface area contributed by atoms with Gasteiger partial charge < -0.3 is 19.6 Å². The number of primary amides is 1. The van der Waals surface area contributed by atoms with Crippen molar-refractivity contribution in [1.29, 1.82) is 0 Å². The number of rotatable bonds is 5. The zero-order valence-corrected chi connectivity index (χ0v) is 15.5. The first kappa shape index (κ1) is 17.6. The third-order valence-electron chi connectivity index (χ3n) is 4.36. The molecular formula is C22H14N4O4. The van der Waals surface area contributed by atoms with Crippen LogP contribution < -0.4 is 15.2 Å². The Morgan fingerprint density at radius 3 is 2.53 bits per heavy atom. The zero-order chi connectivity index (χ0) is 20.5. The van der Waals surface area contributed by atoms with Gasteiger partial charge >= 0.3 is 0 Å². The average Bonchev–Trinajstić information content (AvgIpc) is 3.14. The number of nitrogens with two attached hydrogens (primary N) is 1. The Balaban J connectivity index is 1.45. The Labute approximate surface area is 169 Å². The number of pyridine rings is 1. The molecule has 5 aromatic rings. The summed E-state index contributed by atoms with van der Waals surface area (Å²) >= 11 is 0. The van der Waals surface area contributed by atoms with Crippen molar-refractivity contribution in [2.24, 2.45) is 5.73 Å². The van der Waals surface area contributed by atoms with Gasteiger partial charge in [-0.05, 0) is 30.3 Å². The number of furan rings is 1. The van der Waals surface area contributed by atoms with Crippen LogP contribution in [0.3, 0.4) is 0 Å². The molecule has 146 valence electrons. The van der Waals surface area contributed by atoms with Crippen LogP contribution in [0.1, 0.15) is 10.5 Å². The predicted molar refractivity (Wildman–Crippen MR) is 109 cm³/mol. The number of hydrogen-bond donors (Lipinski definition) is 1. The fraction of sp³-hybridized carbons (Fsp3) is 0. The Morgan fingerprint density at radius 1 is 0.867 bits per heavy atom. The van der Waals surface area contributed by atoms with Crippen LogP contribution >= 0.6 is 0 Å². The van der Waals surface area contributed by atoms with Crippen molar-refractivity contribution in [2.45, 2.75) is 0 Å². The van der Waals surface area contributed by atoms with Gasteiger partial charge in [-0.25, -0.2) is 4.98 Å². The highest BCUT2D eigenvalue weighted by molar-refractivity contribution is 6.03. The largest absolute Gasteiger partial charge is 0.457 e. The molecule has 8 nitrogen and oxygen atoms in total. The molecule has 0 aliphatic carbocycles. The number of amides is 1. The summed E-state index contributed by atoms with van der Waals surface area (Å²) in [6.45, 7) is 0. The number of hydrogen-bond acceptors (Lipinski definition) is 7. The Morgan fingerprint density at radius 2 is 1.67 bits per heavy atom. The molecular weight excluding hydrogens is 384 g/mol. The third kappa shape index (κ3) is 3.26. The number of aromatic nitrogens is 3. The van der Waals surface area contributed by atoms with Gasteiger partial charge in [0.1, 0.15) is 40.4 Å². The molecule has 0 saturated carbocycles. The third-order valence-corrected chi connectivity index (χ3v) is 4.36. The maximum Gasteiger partial charge on any atom is 0.267 e. The predicted octanol–water partition coefficient (Wildman–Crippen LogP) is 4.45. The molecule has 0 fully saturated rings. The van der Waals surface area contributed by atoms with Crippen LogP contribution in [0, 0.1) is 0 Å². The van der Waals surface area contributed by atoms with E-state index in [1.807, 2.05) is 24.3 Å². The Bertz CT molecular complexity index is 1400. The summed E-state index contributed by atoms with van der Waals surface area (Å²) in [5.74, 6) is 1.10. The molecule has 2 aromatic carbocycles. The quantitative estimate of drug-likeness (QED) is 0.465. The fourth-order valence-corrected chi connectivity index (χ4v) is 3.03.